The average molecular weight is 362 g/mol. The van der Waals surface area contributed by atoms with Gasteiger partial charge in [0.2, 0.25) is 11.5 Å². The normalized spacial score (nSPS) is 23.8. The maximum Gasteiger partial charge on any atom is 0.408 e. The summed E-state index contributed by atoms with van der Waals surface area (Å²) in [4.78, 5) is 49.9. The number of carbonyl (C=O) groups is 4. The zero-order valence-electron chi connectivity index (χ0n) is 14.2. The van der Waals surface area contributed by atoms with Crippen LogP contribution in [0.1, 0.15) is 16.8 Å². The number of anilines is 1. The van der Waals surface area contributed by atoms with E-state index in [0.29, 0.717) is 11.3 Å². The lowest BCUT2D eigenvalue weighted by Gasteiger charge is -2.34. The van der Waals surface area contributed by atoms with Crippen molar-refractivity contribution in [2.75, 3.05) is 26.0 Å². The highest BCUT2D eigenvalue weighted by molar-refractivity contribution is 6.04. The van der Waals surface area contributed by atoms with Crippen LogP contribution in [-0.2, 0) is 9.59 Å². The van der Waals surface area contributed by atoms with Gasteiger partial charge in [0.25, 0.3) is 11.8 Å². The SMILES string of the molecule is CN(C)C(=O)c1ccc2c(c1)O[C@@]1(C[C@@H](C(N)=O)N(C(=O)O)C1)C(=O)N2. The van der Waals surface area contributed by atoms with Gasteiger partial charge < -0.3 is 25.8 Å². The van der Waals surface area contributed by atoms with Crippen LogP contribution in [0.3, 0.4) is 0 Å². The van der Waals surface area contributed by atoms with Gasteiger partial charge >= 0.3 is 6.09 Å². The van der Waals surface area contributed by atoms with Crippen LogP contribution in [-0.4, -0.2) is 71.0 Å². The Morgan fingerprint density at radius 2 is 2.08 bits per heavy atom. The van der Waals surface area contributed by atoms with Crippen LogP contribution in [0.5, 0.6) is 5.75 Å². The van der Waals surface area contributed by atoms with E-state index in [-0.39, 0.29) is 24.6 Å². The lowest BCUT2D eigenvalue weighted by Crippen LogP contribution is -2.53. The number of fused-ring (bicyclic) bond motifs is 1. The van der Waals surface area contributed by atoms with Crippen molar-refractivity contribution in [1.29, 1.82) is 0 Å². The summed E-state index contributed by atoms with van der Waals surface area (Å²) >= 11 is 0. The lowest BCUT2D eigenvalue weighted by atomic mass is 9.96. The molecule has 2 aliphatic heterocycles. The number of rotatable bonds is 2. The van der Waals surface area contributed by atoms with E-state index in [1.807, 2.05) is 0 Å². The van der Waals surface area contributed by atoms with E-state index in [9.17, 15) is 24.3 Å². The largest absolute Gasteiger partial charge is 0.473 e. The molecule has 2 atom stereocenters. The first kappa shape index (κ1) is 17.5. The van der Waals surface area contributed by atoms with Gasteiger partial charge in [0.15, 0.2) is 0 Å². The molecule has 3 rings (SSSR count). The number of nitrogens with zero attached hydrogens (tertiary/aromatic N) is 2. The molecule has 138 valence electrons. The molecule has 4 amide bonds. The number of amides is 4. The second-order valence-corrected chi connectivity index (χ2v) is 6.49. The molecule has 4 N–H and O–H groups in total. The number of carboxylic acid groups (broad SMARTS) is 1. The van der Waals surface area contributed by atoms with Gasteiger partial charge in [-0.1, -0.05) is 0 Å². The van der Waals surface area contributed by atoms with Crippen molar-refractivity contribution < 1.29 is 29.0 Å². The molecule has 0 aliphatic carbocycles. The number of nitrogens with one attached hydrogen (secondary N) is 1. The first-order chi connectivity index (χ1) is 12.1. The molecular weight excluding hydrogens is 344 g/mol. The highest BCUT2D eigenvalue weighted by Crippen LogP contribution is 2.40. The molecule has 0 radical (unpaired) electrons. The first-order valence-corrected chi connectivity index (χ1v) is 7.80. The number of primary amides is 1. The third-order valence-corrected chi connectivity index (χ3v) is 4.50. The Balaban J connectivity index is 1.97. The predicted molar refractivity (Wildman–Crippen MR) is 88.8 cm³/mol. The average Bonchev–Trinajstić information content (AvgIpc) is 2.96. The number of nitrogens with two attached hydrogens (primary N) is 1. The minimum absolute atomic E-state index is 0.203. The minimum Gasteiger partial charge on any atom is -0.473 e. The summed E-state index contributed by atoms with van der Waals surface area (Å²) in [5, 5.41) is 11.9. The Morgan fingerprint density at radius 1 is 1.38 bits per heavy atom. The molecule has 2 heterocycles. The van der Waals surface area contributed by atoms with Crippen LogP contribution < -0.4 is 15.8 Å². The summed E-state index contributed by atoms with van der Waals surface area (Å²) in [5.41, 5.74) is 4.40. The molecular formula is C16H18N4O6. The molecule has 0 bridgehead atoms. The van der Waals surface area contributed by atoms with Gasteiger partial charge in [0.1, 0.15) is 11.8 Å². The van der Waals surface area contributed by atoms with Crippen molar-refractivity contribution in [3.63, 3.8) is 0 Å². The van der Waals surface area contributed by atoms with E-state index in [4.69, 9.17) is 10.5 Å². The van der Waals surface area contributed by atoms with Gasteiger partial charge in [-0.15, -0.1) is 0 Å². The summed E-state index contributed by atoms with van der Waals surface area (Å²) in [7, 11) is 3.20. The third-order valence-electron chi connectivity index (χ3n) is 4.50. The molecule has 0 aromatic heterocycles. The van der Waals surface area contributed by atoms with Gasteiger partial charge in [0.05, 0.1) is 12.2 Å². The summed E-state index contributed by atoms with van der Waals surface area (Å²) < 4.78 is 5.83. The zero-order chi connectivity index (χ0) is 19.2. The zero-order valence-corrected chi connectivity index (χ0v) is 14.2. The molecule has 1 spiro atoms. The molecule has 10 nitrogen and oxygen atoms in total. The highest BCUT2D eigenvalue weighted by Gasteiger charge is 2.56. The quantitative estimate of drug-likeness (QED) is 0.659. The van der Waals surface area contributed by atoms with Crippen LogP contribution in [0.4, 0.5) is 10.5 Å². The van der Waals surface area contributed by atoms with E-state index in [2.05, 4.69) is 5.32 Å². The second kappa shape index (κ2) is 5.90. The molecule has 2 aliphatic rings. The standard InChI is InChI=1S/C16H18N4O6/c1-19(2)13(22)8-3-4-9-11(5-8)26-16(14(23)18-9)6-10(12(17)21)20(7-16)15(24)25/h3-5,10H,6-7H2,1-2H3,(H2,17,21)(H,18,23)(H,24,25)/t10-,16+/m0/s1. The predicted octanol–water partition coefficient (Wildman–Crippen LogP) is -0.304. The topological polar surface area (TPSA) is 142 Å². The number of ether oxygens (including phenoxy) is 1. The Hall–Kier alpha value is -3.30. The Bertz CT molecular complexity index is 799. The monoisotopic (exact) mass is 362 g/mol. The molecule has 10 heteroatoms. The Kier molecular flexibility index (Phi) is 3.98. The van der Waals surface area contributed by atoms with Crippen LogP contribution in [0, 0.1) is 0 Å². The van der Waals surface area contributed by atoms with Crippen molar-refractivity contribution in [3.8, 4) is 5.75 Å². The molecule has 26 heavy (non-hydrogen) atoms. The Morgan fingerprint density at radius 3 is 2.62 bits per heavy atom. The fourth-order valence-corrected chi connectivity index (χ4v) is 3.16. The van der Waals surface area contributed by atoms with Crippen molar-refractivity contribution in [2.24, 2.45) is 5.73 Å². The van der Waals surface area contributed by atoms with Gasteiger partial charge in [-0.2, -0.15) is 0 Å². The molecule has 1 aromatic carbocycles. The molecule has 0 saturated carbocycles. The van der Waals surface area contributed by atoms with E-state index in [0.717, 1.165) is 4.90 Å². The van der Waals surface area contributed by atoms with Crippen molar-refractivity contribution in [1.82, 2.24) is 9.80 Å². The number of benzene rings is 1. The summed E-state index contributed by atoms with van der Waals surface area (Å²) in [6, 6.07) is 3.38. The molecule has 1 fully saturated rings. The van der Waals surface area contributed by atoms with E-state index in [1.165, 1.54) is 17.0 Å². The molecule has 1 saturated heterocycles. The summed E-state index contributed by atoms with van der Waals surface area (Å²) in [5.74, 6) is -1.45. The van der Waals surface area contributed by atoms with Gasteiger partial charge in [-0.3, -0.25) is 19.3 Å². The number of carbonyl (C=O) groups excluding carboxylic acids is 3. The molecule has 1 aromatic rings. The van der Waals surface area contributed by atoms with Gasteiger partial charge in [-0.05, 0) is 18.2 Å². The first-order valence-electron chi connectivity index (χ1n) is 7.80. The summed E-state index contributed by atoms with van der Waals surface area (Å²) in [6.45, 7) is -0.340. The van der Waals surface area contributed by atoms with E-state index in [1.54, 1.807) is 20.2 Å². The maximum absolute atomic E-state index is 12.6. The van der Waals surface area contributed by atoms with Gasteiger partial charge in [-0.25, -0.2) is 4.79 Å². The maximum atomic E-state index is 12.6. The van der Waals surface area contributed by atoms with E-state index >= 15 is 0 Å². The van der Waals surface area contributed by atoms with Crippen molar-refractivity contribution in [2.45, 2.75) is 18.1 Å². The number of hydrogen-bond acceptors (Lipinski definition) is 5. The fourth-order valence-electron chi connectivity index (χ4n) is 3.16. The highest BCUT2D eigenvalue weighted by atomic mass is 16.5. The van der Waals surface area contributed by atoms with Crippen LogP contribution in [0.2, 0.25) is 0 Å². The van der Waals surface area contributed by atoms with Crippen LogP contribution in [0.25, 0.3) is 0 Å². The third kappa shape index (κ3) is 2.68. The van der Waals surface area contributed by atoms with Crippen molar-refractivity contribution >= 4 is 29.5 Å². The van der Waals surface area contributed by atoms with Gasteiger partial charge in [0, 0.05) is 26.1 Å². The smallest absolute Gasteiger partial charge is 0.408 e. The summed E-state index contributed by atoms with van der Waals surface area (Å²) in [6.07, 6.45) is -1.57. The fraction of sp³-hybridized carbons (Fsp3) is 0.375. The van der Waals surface area contributed by atoms with Crippen LogP contribution >= 0.6 is 0 Å². The number of hydrogen-bond donors (Lipinski definition) is 3. The number of likely N-dealkylation sites (tertiary alicyclic amines) is 1. The van der Waals surface area contributed by atoms with Crippen molar-refractivity contribution in [3.05, 3.63) is 23.8 Å². The Labute approximate surface area is 148 Å². The second-order valence-electron chi connectivity index (χ2n) is 6.49. The minimum atomic E-state index is -1.58. The van der Waals surface area contributed by atoms with E-state index < -0.39 is 29.6 Å². The lowest BCUT2D eigenvalue weighted by molar-refractivity contribution is -0.131. The van der Waals surface area contributed by atoms with Crippen LogP contribution in [0.15, 0.2) is 18.2 Å². The molecule has 0 unspecified atom stereocenters.